The third-order valence-corrected chi connectivity index (χ3v) is 2.22. The summed E-state index contributed by atoms with van der Waals surface area (Å²) in [6.45, 7) is 8.04. The number of halogens is 1. The minimum atomic E-state index is -0.416. The Kier molecular flexibility index (Phi) is 8.68. The summed E-state index contributed by atoms with van der Waals surface area (Å²) in [5, 5.41) is 3.36. The number of amides is 1. The van der Waals surface area contributed by atoms with Gasteiger partial charge in [0.2, 0.25) is 0 Å². The molecule has 0 fully saturated rings. The smallest absolute Gasteiger partial charge is 0.407 e. The summed E-state index contributed by atoms with van der Waals surface area (Å²) < 4.78 is 4.96. The second-order valence-electron chi connectivity index (χ2n) is 4.95. The normalized spacial score (nSPS) is 10.2. The highest BCUT2D eigenvalue weighted by Gasteiger charge is 2.14. The van der Waals surface area contributed by atoms with Crippen LogP contribution in [0.2, 0.25) is 5.02 Å². The van der Waals surface area contributed by atoms with E-state index in [4.69, 9.17) is 16.3 Å². The first-order valence-corrected chi connectivity index (χ1v) is 7.05. The molecule has 1 amide bonds. The van der Waals surface area contributed by atoms with E-state index in [-0.39, 0.29) is 6.09 Å². The van der Waals surface area contributed by atoms with Crippen LogP contribution in [-0.4, -0.2) is 24.0 Å². The number of thiol groups is 1. The van der Waals surface area contributed by atoms with Crippen molar-refractivity contribution in [1.29, 1.82) is 0 Å². The van der Waals surface area contributed by atoms with Gasteiger partial charge < -0.3 is 10.1 Å². The second kappa shape index (κ2) is 9.10. The van der Waals surface area contributed by atoms with Crippen molar-refractivity contribution in [2.75, 3.05) is 12.3 Å². The van der Waals surface area contributed by atoms with Gasteiger partial charge in [-0.05, 0) is 45.4 Å². The zero-order valence-electron chi connectivity index (χ0n) is 11.9. The Balaban J connectivity index is 0.000000356. The molecule has 0 atom stereocenters. The number of alkyl carbamates (subject to hydrolysis) is 1. The summed E-state index contributed by atoms with van der Waals surface area (Å²) in [5.74, 6) is 0.624. The van der Waals surface area contributed by atoms with Crippen LogP contribution in [0.15, 0.2) is 24.3 Å². The Hall–Kier alpha value is -0.870. The van der Waals surface area contributed by atoms with Crippen molar-refractivity contribution < 1.29 is 9.53 Å². The van der Waals surface area contributed by atoms with E-state index in [0.717, 1.165) is 5.02 Å². The van der Waals surface area contributed by atoms with Gasteiger partial charge in [0, 0.05) is 17.3 Å². The molecular weight excluding hydrogens is 282 g/mol. The van der Waals surface area contributed by atoms with Crippen LogP contribution in [0.25, 0.3) is 0 Å². The first-order valence-electron chi connectivity index (χ1n) is 6.04. The number of hydrogen-bond donors (Lipinski definition) is 2. The number of rotatable bonds is 2. The highest BCUT2D eigenvalue weighted by Crippen LogP contribution is 2.08. The van der Waals surface area contributed by atoms with E-state index in [0.29, 0.717) is 12.3 Å². The van der Waals surface area contributed by atoms with Crippen LogP contribution in [0, 0.1) is 6.92 Å². The van der Waals surface area contributed by atoms with Gasteiger partial charge in [0.1, 0.15) is 5.60 Å². The molecule has 0 bridgehead atoms. The van der Waals surface area contributed by atoms with Crippen LogP contribution >= 0.6 is 24.2 Å². The van der Waals surface area contributed by atoms with E-state index in [9.17, 15) is 4.79 Å². The molecular formula is C14H22ClNO2S. The van der Waals surface area contributed by atoms with E-state index >= 15 is 0 Å². The molecule has 5 heteroatoms. The van der Waals surface area contributed by atoms with E-state index in [1.165, 1.54) is 5.56 Å². The van der Waals surface area contributed by atoms with E-state index < -0.39 is 5.60 Å². The maximum absolute atomic E-state index is 10.9. The largest absolute Gasteiger partial charge is 0.444 e. The lowest BCUT2D eigenvalue weighted by Gasteiger charge is -2.19. The summed E-state index contributed by atoms with van der Waals surface area (Å²) in [6, 6.07) is 7.76. The fraction of sp³-hybridized carbons (Fsp3) is 0.500. The molecule has 19 heavy (non-hydrogen) atoms. The number of benzene rings is 1. The maximum atomic E-state index is 10.9. The Bertz CT molecular complexity index is 374. The van der Waals surface area contributed by atoms with Crippen LogP contribution in [-0.2, 0) is 4.74 Å². The van der Waals surface area contributed by atoms with Gasteiger partial charge in [-0.25, -0.2) is 4.79 Å². The lowest BCUT2D eigenvalue weighted by molar-refractivity contribution is 0.0531. The molecule has 0 aliphatic heterocycles. The molecule has 1 N–H and O–H groups in total. The molecule has 108 valence electrons. The Morgan fingerprint density at radius 2 is 2.05 bits per heavy atom. The monoisotopic (exact) mass is 303 g/mol. The first kappa shape index (κ1) is 18.1. The van der Waals surface area contributed by atoms with Crippen molar-refractivity contribution in [3.63, 3.8) is 0 Å². The molecule has 1 aromatic rings. The highest BCUT2D eigenvalue weighted by molar-refractivity contribution is 7.80. The van der Waals surface area contributed by atoms with Gasteiger partial charge >= 0.3 is 6.09 Å². The topological polar surface area (TPSA) is 38.3 Å². The fourth-order valence-corrected chi connectivity index (χ4v) is 1.43. The average molecular weight is 304 g/mol. The Morgan fingerprint density at radius 3 is 2.42 bits per heavy atom. The molecule has 0 aliphatic carbocycles. The van der Waals surface area contributed by atoms with Crippen molar-refractivity contribution >= 4 is 30.3 Å². The van der Waals surface area contributed by atoms with Crippen LogP contribution < -0.4 is 5.32 Å². The number of nitrogens with one attached hydrogen (secondary N) is 1. The van der Waals surface area contributed by atoms with Gasteiger partial charge in [-0.15, -0.1) is 0 Å². The van der Waals surface area contributed by atoms with Gasteiger partial charge in [-0.3, -0.25) is 0 Å². The molecule has 0 aliphatic rings. The van der Waals surface area contributed by atoms with Crippen LogP contribution in [0.1, 0.15) is 26.3 Å². The number of carbonyl (C=O) groups excluding carboxylic acids is 1. The van der Waals surface area contributed by atoms with Gasteiger partial charge in [-0.1, -0.05) is 23.7 Å². The van der Waals surface area contributed by atoms with E-state index in [2.05, 4.69) is 17.9 Å². The third kappa shape index (κ3) is 11.9. The molecule has 1 aromatic carbocycles. The van der Waals surface area contributed by atoms with Crippen LogP contribution in [0.5, 0.6) is 0 Å². The number of ether oxygens (including phenoxy) is 1. The predicted octanol–water partition coefficient (Wildman–Crippen LogP) is 4.09. The SMILES string of the molecule is CC(C)(C)OC(=O)NCCS.Cc1cccc(Cl)c1. The predicted molar refractivity (Wildman–Crippen MR) is 84.3 cm³/mol. The van der Waals surface area contributed by atoms with Gasteiger partial charge in [-0.2, -0.15) is 12.6 Å². The minimum Gasteiger partial charge on any atom is -0.444 e. The van der Waals surface area contributed by atoms with Gasteiger partial charge in [0.25, 0.3) is 0 Å². The van der Waals surface area contributed by atoms with Gasteiger partial charge in [0.05, 0.1) is 0 Å². The number of aryl methyl sites for hydroxylation is 1. The van der Waals surface area contributed by atoms with Crippen LogP contribution in [0.4, 0.5) is 4.79 Å². The Labute approximate surface area is 126 Å². The summed E-state index contributed by atoms with van der Waals surface area (Å²) in [4.78, 5) is 10.9. The Morgan fingerprint density at radius 1 is 1.42 bits per heavy atom. The highest BCUT2D eigenvalue weighted by atomic mass is 35.5. The summed E-state index contributed by atoms with van der Waals surface area (Å²) in [7, 11) is 0. The molecule has 0 heterocycles. The standard InChI is InChI=1S/C7H7Cl.C7H15NO2S/c1-6-3-2-4-7(8)5-6;1-7(2,3)10-6(9)8-4-5-11/h2-5H,1H3;11H,4-5H2,1-3H3,(H,8,9). The van der Waals surface area contributed by atoms with Gasteiger partial charge in [0.15, 0.2) is 0 Å². The number of carbonyl (C=O) groups is 1. The molecule has 1 rings (SSSR count). The molecule has 0 spiro atoms. The third-order valence-electron chi connectivity index (χ3n) is 1.76. The molecule has 0 aromatic heterocycles. The number of hydrogen-bond acceptors (Lipinski definition) is 3. The molecule has 3 nitrogen and oxygen atoms in total. The zero-order chi connectivity index (χ0) is 14.9. The van der Waals surface area contributed by atoms with E-state index in [1.54, 1.807) is 0 Å². The molecule has 0 saturated carbocycles. The fourth-order valence-electron chi connectivity index (χ4n) is 1.08. The molecule has 0 saturated heterocycles. The van der Waals surface area contributed by atoms with Crippen molar-refractivity contribution in [2.45, 2.75) is 33.3 Å². The minimum absolute atomic E-state index is 0.383. The quantitative estimate of drug-likeness (QED) is 0.808. The average Bonchev–Trinajstić information content (AvgIpc) is 2.24. The lowest BCUT2D eigenvalue weighted by atomic mass is 10.2. The van der Waals surface area contributed by atoms with E-state index in [1.807, 2.05) is 52.0 Å². The van der Waals surface area contributed by atoms with Crippen molar-refractivity contribution in [3.05, 3.63) is 34.9 Å². The first-order chi connectivity index (χ1) is 8.74. The van der Waals surface area contributed by atoms with Crippen molar-refractivity contribution in [2.24, 2.45) is 0 Å². The molecule has 0 radical (unpaired) electrons. The molecule has 0 unspecified atom stereocenters. The zero-order valence-corrected chi connectivity index (χ0v) is 13.5. The second-order valence-corrected chi connectivity index (χ2v) is 5.83. The van der Waals surface area contributed by atoms with Crippen molar-refractivity contribution in [3.8, 4) is 0 Å². The summed E-state index contributed by atoms with van der Waals surface area (Å²) in [5.41, 5.74) is 0.790. The maximum Gasteiger partial charge on any atom is 0.407 e. The summed E-state index contributed by atoms with van der Waals surface area (Å²) >= 11 is 9.58. The lowest BCUT2D eigenvalue weighted by Crippen LogP contribution is -2.33. The van der Waals surface area contributed by atoms with Crippen molar-refractivity contribution in [1.82, 2.24) is 5.32 Å². The van der Waals surface area contributed by atoms with Crippen LogP contribution in [0.3, 0.4) is 0 Å². The summed E-state index contributed by atoms with van der Waals surface area (Å²) in [6.07, 6.45) is -0.383.